The van der Waals surface area contributed by atoms with Gasteiger partial charge in [-0.1, -0.05) is 30.3 Å². The molecule has 0 fully saturated rings. The average molecular weight is 335 g/mol. The molecule has 4 rings (SSSR count). The highest BCUT2D eigenvalue weighted by atomic mass is 16.3. The molecular weight excluding hydrogens is 322 g/mol. The smallest absolute Gasteiger partial charge is 0.294 e. The van der Waals surface area contributed by atoms with Gasteiger partial charge >= 0.3 is 0 Å². The maximum absolute atomic E-state index is 12.9. The van der Waals surface area contributed by atoms with Gasteiger partial charge in [0.05, 0.1) is 10.9 Å². The number of amides is 2. The lowest BCUT2D eigenvalue weighted by Crippen LogP contribution is -2.50. The van der Waals surface area contributed by atoms with E-state index < -0.39 is 23.4 Å². The van der Waals surface area contributed by atoms with Crippen LogP contribution < -0.4 is 10.9 Å². The largest absolute Gasteiger partial charge is 0.508 e. The summed E-state index contributed by atoms with van der Waals surface area (Å²) in [5, 5.41) is 12.5. The van der Waals surface area contributed by atoms with Crippen LogP contribution in [0.25, 0.3) is 10.9 Å². The van der Waals surface area contributed by atoms with E-state index in [0.717, 1.165) is 4.57 Å². The molecule has 1 atom stereocenters. The van der Waals surface area contributed by atoms with Gasteiger partial charge in [0.15, 0.2) is 0 Å². The van der Waals surface area contributed by atoms with Crippen molar-refractivity contribution in [3.63, 3.8) is 0 Å². The van der Waals surface area contributed by atoms with Crippen LogP contribution in [-0.4, -0.2) is 26.5 Å². The summed E-state index contributed by atoms with van der Waals surface area (Å²) in [6.45, 7) is 0. The van der Waals surface area contributed by atoms with E-state index in [1.807, 2.05) is 0 Å². The maximum atomic E-state index is 12.9. The van der Waals surface area contributed by atoms with Crippen molar-refractivity contribution >= 4 is 22.7 Å². The van der Waals surface area contributed by atoms with Crippen molar-refractivity contribution in [2.45, 2.75) is 12.5 Å². The number of carbonyl (C=O) groups is 2. The first-order valence-electron chi connectivity index (χ1n) is 7.69. The molecule has 0 unspecified atom stereocenters. The molecular formula is C18H13N3O4. The zero-order valence-corrected chi connectivity index (χ0v) is 13.0. The number of nitrogens with zero attached hydrogens (tertiary/aromatic N) is 2. The minimum Gasteiger partial charge on any atom is -0.508 e. The molecule has 0 radical (unpaired) electrons. The Morgan fingerprint density at radius 1 is 1.04 bits per heavy atom. The predicted molar refractivity (Wildman–Crippen MR) is 89.3 cm³/mol. The lowest BCUT2D eigenvalue weighted by Gasteiger charge is -2.26. The molecule has 124 valence electrons. The van der Waals surface area contributed by atoms with E-state index in [2.05, 4.69) is 10.3 Å². The molecule has 1 aromatic heterocycles. The zero-order valence-electron chi connectivity index (χ0n) is 13.0. The maximum Gasteiger partial charge on any atom is 0.294 e. The van der Waals surface area contributed by atoms with Crippen molar-refractivity contribution in [2.24, 2.45) is 0 Å². The summed E-state index contributed by atoms with van der Waals surface area (Å²) in [4.78, 5) is 41.6. The Hall–Kier alpha value is -3.48. The number of nitrogens with one attached hydrogen (secondary N) is 1. The van der Waals surface area contributed by atoms with Crippen molar-refractivity contribution in [1.29, 1.82) is 0 Å². The van der Waals surface area contributed by atoms with Gasteiger partial charge in [-0.2, -0.15) is 0 Å². The van der Waals surface area contributed by atoms with Crippen molar-refractivity contribution < 1.29 is 14.7 Å². The summed E-state index contributed by atoms with van der Waals surface area (Å²) >= 11 is 0. The Morgan fingerprint density at radius 2 is 1.76 bits per heavy atom. The van der Waals surface area contributed by atoms with Crippen LogP contribution in [0.3, 0.4) is 0 Å². The molecule has 0 spiro atoms. The van der Waals surface area contributed by atoms with E-state index in [1.54, 1.807) is 42.5 Å². The molecule has 25 heavy (non-hydrogen) atoms. The van der Waals surface area contributed by atoms with E-state index in [0.29, 0.717) is 16.5 Å². The third kappa shape index (κ3) is 2.37. The van der Waals surface area contributed by atoms with Gasteiger partial charge in [0, 0.05) is 6.42 Å². The van der Waals surface area contributed by atoms with Gasteiger partial charge in [-0.3, -0.25) is 24.3 Å². The molecule has 0 saturated heterocycles. The predicted octanol–water partition coefficient (Wildman–Crippen LogP) is 1.16. The topological polar surface area (TPSA) is 101 Å². The Bertz CT molecular complexity index is 1090. The van der Waals surface area contributed by atoms with E-state index >= 15 is 0 Å². The second-order valence-electron chi connectivity index (χ2n) is 5.79. The molecule has 0 aliphatic carbocycles. The quantitative estimate of drug-likeness (QED) is 0.684. The van der Waals surface area contributed by atoms with Gasteiger partial charge in [-0.15, -0.1) is 0 Å². The summed E-state index contributed by atoms with van der Waals surface area (Å²) in [5.74, 6) is -1.39. The minimum absolute atomic E-state index is 0.0237. The summed E-state index contributed by atoms with van der Waals surface area (Å²) in [7, 11) is 0. The SMILES string of the molecule is O=C1NC(=O)[C@@H](Cc2ccccc2O)n2c1nc1ccccc1c2=O. The van der Waals surface area contributed by atoms with E-state index in [1.165, 1.54) is 6.07 Å². The first kappa shape index (κ1) is 15.1. The monoisotopic (exact) mass is 335 g/mol. The number of hydrogen-bond donors (Lipinski definition) is 2. The highest BCUT2D eigenvalue weighted by Gasteiger charge is 2.35. The van der Waals surface area contributed by atoms with Crippen LogP contribution in [0.5, 0.6) is 5.75 Å². The van der Waals surface area contributed by atoms with Crippen molar-refractivity contribution in [3.8, 4) is 5.75 Å². The number of benzene rings is 2. The average Bonchev–Trinajstić information content (AvgIpc) is 2.60. The second kappa shape index (κ2) is 5.55. The zero-order chi connectivity index (χ0) is 17.6. The number of phenols is 1. The molecule has 2 N–H and O–H groups in total. The number of phenolic OH excluding ortho intramolecular Hbond substituents is 1. The fourth-order valence-corrected chi connectivity index (χ4v) is 3.04. The summed E-state index contributed by atoms with van der Waals surface area (Å²) < 4.78 is 1.12. The number of para-hydroxylation sites is 2. The number of imide groups is 1. The number of aromatic hydroxyl groups is 1. The van der Waals surface area contributed by atoms with Crippen molar-refractivity contribution in [1.82, 2.24) is 14.9 Å². The van der Waals surface area contributed by atoms with Crippen LogP contribution in [-0.2, 0) is 11.2 Å². The molecule has 2 aromatic carbocycles. The molecule has 0 bridgehead atoms. The normalized spacial score (nSPS) is 16.6. The summed E-state index contributed by atoms with van der Waals surface area (Å²) in [6.07, 6.45) is 0.0682. The highest BCUT2D eigenvalue weighted by molar-refractivity contribution is 6.07. The Morgan fingerprint density at radius 3 is 2.56 bits per heavy atom. The second-order valence-corrected chi connectivity index (χ2v) is 5.79. The number of rotatable bonds is 2. The van der Waals surface area contributed by atoms with Crippen LogP contribution in [0.4, 0.5) is 0 Å². The molecule has 0 saturated carbocycles. The molecule has 7 heteroatoms. The number of hydrogen-bond acceptors (Lipinski definition) is 5. The van der Waals surface area contributed by atoms with E-state index in [9.17, 15) is 19.5 Å². The van der Waals surface area contributed by atoms with Crippen LogP contribution >= 0.6 is 0 Å². The minimum atomic E-state index is -0.967. The van der Waals surface area contributed by atoms with Gasteiger partial charge in [0.25, 0.3) is 17.4 Å². The van der Waals surface area contributed by atoms with Gasteiger partial charge in [-0.05, 0) is 23.8 Å². The lowest BCUT2D eigenvalue weighted by atomic mass is 10.0. The first-order valence-corrected chi connectivity index (χ1v) is 7.69. The molecule has 1 aliphatic heterocycles. The molecule has 7 nitrogen and oxygen atoms in total. The van der Waals surface area contributed by atoms with Gasteiger partial charge in [-0.25, -0.2) is 4.98 Å². The Balaban J connectivity index is 1.93. The molecule has 2 heterocycles. The van der Waals surface area contributed by atoms with E-state index in [-0.39, 0.29) is 18.0 Å². The van der Waals surface area contributed by atoms with Crippen LogP contribution in [0.15, 0.2) is 53.3 Å². The Labute approximate surface area is 141 Å². The third-order valence-electron chi connectivity index (χ3n) is 4.27. The van der Waals surface area contributed by atoms with Gasteiger partial charge < -0.3 is 5.11 Å². The Kier molecular flexibility index (Phi) is 3.35. The number of fused-ring (bicyclic) bond motifs is 2. The van der Waals surface area contributed by atoms with E-state index in [4.69, 9.17) is 0 Å². The van der Waals surface area contributed by atoms with Crippen LogP contribution in [0.1, 0.15) is 22.2 Å². The molecule has 2 amide bonds. The third-order valence-corrected chi connectivity index (χ3v) is 4.27. The number of aromatic nitrogens is 2. The summed E-state index contributed by atoms with van der Waals surface area (Å²) in [6, 6.07) is 12.2. The fraction of sp³-hybridized carbons (Fsp3) is 0.111. The summed E-state index contributed by atoms with van der Waals surface area (Å²) in [5.41, 5.74) is 0.441. The lowest BCUT2D eigenvalue weighted by molar-refractivity contribution is -0.124. The first-order chi connectivity index (χ1) is 12.1. The van der Waals surface area contributed by atoms with Gasteiger partial charge in [0.2, 0.25) is 5.82 Å². The fourth-order valence-electron chi connectivity index (χ4n) is 3.04. The van der Waals surface area contributed by atoms with Crippen LogP contribution in [0.2, 0.25) is 0 Å². The number of carbonyl (C=O) groups excluding carboxylic acids is 2. The van der Waals surface area contributed by atoms with Crippen molar-refractivity contribution in [2.75, 3.05) is 0 Å². The van der Waals surface area contributed by atoms with Gasteiger partial charge in [0.1, 0.15) is 11.8 Å². The molecule has 1 aliphatic rings. The molecule has 3 aromatic rings. The van der Waals surface area contributed by atoms with Crippen LogP contribution in [0, 0.1) is 0 Å². The van der Waals surface area contributed by atoms with Crippen molar-refractivity contribution in [3.05, 3.63) is 70.3 Å². The standard InChI is InChI=1S/C18H13N3O4/c22-14-8-4-1-5-10(14)9-13-16(23)20-17(24)15-19-12-7-3-2-6-11(12)18(25)21(13)15/h1-8,13,22H,9H2,(H,20,23,24)/t13-/m1/s1. The highest BCUT2D eigenvalue weighted by Crippen LogP contribution is 2.25.